The van der Waals surface area contributed by atoms with Crippen molar-refractivity contribution in [3.05, 3.63) is 35.0 Å². The van der Waals surface area contributed by atoms with E-state index < -0.39 is 12.0 Å². The number of aromatic nitrogens is 1. The number of amides is 1. The summed E-state index contributed by atoms with van der Waals surface area (Å²) in [5, 5.41) is 10.5. The number of fused-ring (bicyclic) bond motifs is 1. The van der Waals surface area contributed by atoms with Crippen LogP contribution in [0.3, 0.4) is 0 Å². The molecule has 144 valence electrons. The minimum atomic E-state index is -0.738. The summed E-state index contributed by atoms with van der Waals surface area (Å²) in [5.74, 6) is -0.663. The van der Waals surface area contributed by atoms with Gasteiger partial charge in [-0.2, -0.15) is 0 Å². The number of H-pyrrole nitrogens is 1. The zero-order valence-electron chi connectivity index (χ0n) is 16.2. The van der Waals surface area contributed by atoms with Gasteiger partial charge < -0.3 is 15.0 Å². The molecule has 2 fully saturated rings. The largest absolute Gasteiger partial charge is 0.480 e. The van der Waals surface area contributed by atoms with Crippen molar-refractivity contribution < 1.29 is 14.7 Å². The molecule has 2 aliphatic rings. The van der Waals surface area contributed by atoms with Crippen molar-refractivity contribution in [1.82, 2.24) is 14.8 Å². The first kappa shape index (κ1) is 18.0. The van der Waals surface area contributed by atoms with Crippen molar-refractivity contribution in [3.8, 4) is 0 Å². The average molecular weight is 369 g/mol. The maximum Gasteiger partial charge on any atom is 0.320 e. The Hall–Kier alpha value is -2.34. The molecular weight excluding hydrogens is 342 g/mol. The first-order valence-corrected chi connectivity index (χ1v) is 9.61. The number of nitrogens with zero attached hydrogens (tertiary/aromatic N) is 2. The highest BCUT2D eigenvalue weighted by Crippen LogP contribution is 2.43. The molecule has 0 unspecified atom stereocenters. The minimum Gasteiger partial charge on any atom is -0.480 e. The normalized spacial score (nSPS) is 22.6. The van der Waals surface area contributed by atoms with Gasteiger partial charge in [-0.25, -0.2) is 0 Å². The first-order chi connectivity index (χ1) is 12.8. The van der Waals surface area contributed by atoms with Crippen LogP contribution in [-0.4, -0.2) is 64.5 Å². The Morgan fingerprint density at radius 2 is 1.93 bits per heavy atom. The molecule has 4 rings (SSSR count). The summed E-state index contributed by atoms with van der Waals surface area (Å²) in [5.41, 5.74) is 4.14. The van der Waals surface area contributed by atoms with Crippen LogP contribution >= 0.6 is 0 Å². The lowest BCUT2D eigenvalue weighted by atomic mass is 9.76. The number of likely N-dealkylation sites (tertiary alicyclic amines) is 2. The summed E-state index contributed by atoms with van der Waals surface area (Å²) in [7, 11) is 1.89. The minimum absolute atomic E-state index is 0.0346. The van der Waals surface area contributed by atoms with E-state index in [1.54, 1.807) is 0 Å². The molecule has 1 spiro atoms. The fourth-order valence-corrected chi connectivity index (χ4v) is 4.87. The van der Waals surface area contributed by atoms with E-state index in [2.05, 4.69) is 11.9 Å². The van der Waals surface area contributed by atoms with E-state index in [4.69, 9.17) is 0 Å². The molecule has 3 heterocycles. The van der Waals surface area contributed by atoms with E-state index in [-0.39, 0.29) is 11.3 Å². The SMILES string of the molecule is Cc1[nH]c2ccc(C(=O)N3CCC4(CC3)C[C@@H](C(=O)O)N(C)C4)cc2c1C. The van der Waals surface area contributed by atoms with E-state index in [1.165, 1.54) is 5.56 Å². The van der Waals surface area contributed by atoms with Crippen LogP contribution in [0, 0.1) is 19.3 Å². The van der Waals surface area contributed by atoms with Gasteiger partial charge >= 0.3 is 5.97 Å². The number of carbonyl (C=O) groups is 2. The van der Waals surface area contributed by atoms with Crippen LogP contribution in [0.25, 0.3) is 10.9 Å². The second-order valence-electron chi connectivity index (χ2n) is 8.40. The van der Waals surface area contributed by atoms with Crippen LogP contribution in [-0.2, 0) is 4.79 Å². The van der Waals surface area contributed by atoms with Crippen molar-refractivity contribution in [2.24, 2.45) is 5.41 Å². The third-order valence-corrected chi connectivity index (χ3v) is 6.69. The molecule has 0 saturated carbocycles. The lowest BCUT2D eigenvalue weighted by Crippen LogP contribution is -2.44. The smallest absolute Gasteiger partial charge is 0.320 e. The molecule has 2 aromatic rings. The van der Waals surface area contributed by atoms with Crippen molar-refractivity contribution >= 4 is 22.8 Å². The topological polar surface area (TPSA) is 76.6 Å². The summed E-state index contributed by atoms with van der Waals surface area (Å²) < 4.78 is 0. The van der Waals surface area contributed by atoms with Crippen molar-refractivity contribution in [2.45, 2.75) is 39.2 Å². The van der Waals surface area contributed by atoms with Gasteiger partial charge in [0.15, 0.2) is 0 Å². The van der Waals surface area contributed by atoms with Crippen LogP contribution in [0.15, 0.2) is 18.2 Å². The second-order valence-corrected chi connectivity index (χ2v) is 8.40. The number of likely N-dealkylation sites (N-methyl/N-ethyl adjacent to an activating group) is 1. The second kappa shape index (κ2) is 6.37. The number of carbonyl (C=O) groups excluding carboxylic acids is 1. The number of piperidine rings is 1. The van der Waals surface area contributed by atoms with Crippen molar-refractivity contribution in [3.63, 3.8) is 0 Å². The van der Waals surface area contributed by atoms with Gasteiger partial charge in [-0.05, 0) is 69.3 Å². The lowest BCUT2D eigenvalue weighted by molar-refractivity contribution is -0.141. The van der Waals surface area contributed by atoms with Gasteiger partial charge in [0.2, 0.25) is 0 Å². The number of carboxylic acids is 1. The molecule has 6 nitrogen and oxygen atoms in total. The summed E-state index contributed by atoms with van der Waals surface area (Å²) >= 11 is 0. The lowest BCUT2D eigenvalue weighted by Gasteiger charge is -2.39. The predicted molar refractivity (Wildman–Crippen MR) is 104 cm³/mol. The van der Waals surface area contributed by atoms with E-state index in [0.717, 1.165) is 41.5 Å². The molecule has 0 radical (unpaired) electrons. The monoisotopic (exact) mass is 369 g/mol. The van der Waals surface area contributed by atoms with Crippen LogP contribution in [0.1, 0.15) is 40.9 Å². The Balaban J connectivity index is 1.48. The molecule has 1 aromatic heterocycles. The van der Waals surface area contributed by atoms with Gasteiger partial charge in [-0.15, -0.1) is 0 Å². The van der Waals surface area contributed by atoms with Crippen LogP contribution in [0.4, 0.5) is 0 Å². The molecule has 1 atom stereocenters. The van der Waals surface area contributed by atoms with Gasteiger partial charge in [-0.3, -0.25) is 14.5 Å². The van der Waals surface area contributed by atoms with Gasteiger partial charge in [0.1, 0.15) is 6.04 Å². The summed E-state index contributed by atoms with van der Waals surface area (Å²) in [6, 6.07) is 5.48. The van der Waals surface area contributed by atoms with E-state index in [9.17, 15) is 14.7 Å². The third kappa shape index (κ3) is 3.02. The molecule has 1 aromatic carbocycles. The third-order valence-electron chi connectivity index (χ3n) is 6.69. The van der Waals surface area contributed by atoms with Crippen LogP contribution < -0.4 is 0 Å². The quantitative estimate of drug-likeness (QED) is 0.853. The fourth-order valence-electron chi connectivity index (χ4n) is 4.87. The molecule has 1 amide bonds. The number of rotatable bonds is 2. The first-order valence-electron chi connectivity index (χ1n) is 9.61. The maximum absolute atomic E-state index is 13.0. The van der Waals surface area contributed by atoms with Gasteiger partial charge in [-0.1, -0.05) is 0 Å². The van der Waals surface area contributed by atoms with Crippen molar-refractivity contribution in [2.75, 3.05) is 26.7 Å². The summed E-state index contributed by atoms with van der Waals surface area (Å²) in [4.78, 5) is 31.7. The van der Waals surface area contributed by atoms with Crippen LogP contribution in [0.2, 0.25) is 0 Å². The zero-order chi connectivity index (χ0) is 19.3. The standard InChI is InChI=1S/C21H27N3O3/c1-13-14(2)22-17-5-4-15(10-16(13)17)19(25)24-8-6-21(7-9-24)11-18(20(26)27)23(3)12-21/h4-5,10,18,22H,6-9,11-12H2,1-3H3,(H,26,27)/t18-/m0/s1. The Bertz CT molecular complexity index is 909. The van der Waals surface area contributed by atoms with Gasteiger partial charge in [0.25, 0.3) is 5.91 Å². The highest BCUT2D eigenvalue weighted by Gasteiger charge is 2.47. The molecule has 2 saturated heterocycles. The number of hydrogen-bond donors (Lipinski definition) is 2. The molecule has 2 aliphatic heterocycles. The Morgan fingerprint density at radius 3 is 2.56 bits per heavy atom. The molecule has 27 heavy (non-hydrogen) atoms. The van der Waals surface area contributed by atoms with Gasteiger partial charge in [0, 0.05) is 41.8 Å². The average Bonchev–Trinajstić information content (AvgIpc) is 3.12. The Morgan fingerprint density at radius 1 is 1.22 bits per heavy atom. The summed E-state index contributed by atoms with van der Waals surface area (Å²) in [6.45, 7) is 6.32. The van der Waals surface area contributed by atoms with Crippen molar-refractivity contribution in [1.29, 1.82) is 0 Å². The number of aryl methyl sites for hydroxylation is 2. The van der Waals surface area contributed by atoms with E-state index in [0.29, 0.717) is 19.5 Å². The van der Waals surface area contributed by atoms with E-state index in [1.807, 2.05) is 42.0 Å². The molecule has 6 heteroatoms. The number of benzene rings is 1. The molecule has 0 aliphatic carbocycles. The zero-order valence-corrected chi connectivity index (χ0v) is 16.2. The maximum atomic E-state index is 13.0. The Kier molecular flexibility index (Phi) is 4.26. The predicted octanol–water partition coefficient (Wildman–Crippen LogP) is 2.80. The molecular formula is C21H27N3O3. The highest BCUT2D eigenvalue weighted by atomic mass is 16.4. The highest BCUT2D eigenvalue weighted by molar-refractivity contribution is 5.99. The number of hydrogen-bond acceptors (Lipinski definition) is 3. The van der Waals surface area contributed by atoms with Crippen LogP contribution in [0.5, 0.6) is 0 Å². The fraction of sp³-hybridized carbons (Fsp3) is 0.524. The number of nitrogens with one attached hydrogen (secondary N) is 1. The molecule has 0 bridgehead atoms. The number of aromatic amines is 1. The van der Waals surface area contributed by atoms with Gasteiger partial charge in [0.05, 0.1) is 0 Å². The Labute approximate surface area is 159 Å². The number of aliphatic carboxylic acids is 1. The summed E-state index contributed by atoms with van der Waals surface area (Å²) in [6.07, 6.45) is 2.43. The molecule has 2 N–H and O–H groups in total. The van der Waals surface area contributed by atoms with E-state index >= 15 is 0 Å². The number of carboxylic acid groups (broad SMARTS) is 1.